The fourth-order valence-electron chi connectivity index (χ4n) is 2.06. The predicted octanol–water partition coefficient (Wildman–Crippen LogP) is 1.59. The van der Waals surface area contributed by atoms with Crippen LogP contribution < -0.4 is 5.73 Å². The monoisotopic (exact) mass is 268 g/mol. The Hall–Kier alpha value is -1.10. The van der Waals surface area contributed by atoms with Crippen molar-refractivity contribution in [2.24, 2.45) is 5.73 Å². The van der Waals surface area contributed by atoms with Gasteiger partial charge in [0.1, 0.15) is 6.10 Å². The summed E-state index contributed by atoms with van der Waals surface area (Å²) in [5, 5.41) is 0.664. The number of nitrogens with two attached hydrogens (primary N) is 1. The van der Waals surface area contributed by atoms with Gasteiger partial charge < -0.3 is 15.4 Å². The second kappa shape index (κ2) is 5.69. The lowest BCUT2D eigenvalue weighted by Gasteiger charge is -2.34. The summed E-state index contributed by atoms with van der Waals surface area (Å²) in [5.41, 5.74) is 6.54. The van der Waals surface area contributed by atoms with Crippen LogP contribution in [0.15, 0.2) is 24.3 Å². The summed E-state index contributed by atoms with van der Waals surface area (Å²) in [4.78, 5) is 13.6. The number of morpholine rings is 1. The lowest BCUT2D eigenvalue weighted by Crippen LogP contribution is -2.48. The highest BCUT2D eigenvalue weighted by molar-refractivity contribution is 6.31. The minimum absolute atomic E-state index is 0.0460. The molecule has 1 aromatic carbocycles. The number of ether oxygens (including phenoxy) is 1. The molecule has 4 nitrogen and oxygen atoms in total. The normalized spacial score (nSPS) is 21.7. The number of carbonyl (C=O) groups excluding carboxylic acids is 1. The van der Waals surface area contributed by atoms with Crippen molar-refractivity contribution < 1.29 is 9.53 Å². The zero-order chi connectivity index (χ0) is 13.1. The fourth-order valence-corrected chi connectivity index (χ4v) is 2.32. The van der Waals surface area contributed by atoms with Crippen molar-refractivity contribution >= 4 is 17.5 Å². The molecule has 0 aromatic heterocycles. The second-order valence-electron chi connectivity index (χ2n) is 4.45. The smallest absolute Gasteiger partial charge is 0.239 e. The Morgan fingerprint density at radius 2 is 2.28 bits per heavy atom. The summed E-state index contributed by atoms with van der Waals surface area (Å²) in [6.45, 7) is 3.29. The molecule has 0 radical (unpaired) electrons. The van der Waals surface area contributed by atoms with Crippen LogP contribution in [-0.4, -0.2) is 36.5 Å². The largest absolute Gasteiger partial charge is 0.370 e. The molecule has 0 spiro atoms. The van der Waals surface area contributed by atoms with E-state index in [9.17, 15) is 4.79 Å². The molecule has 2 N–H and O–H groups in total. The molecule has 98 valence electrons. The molecule has 2 unspecified atom stereocenters. The van der Waals surface area contributed by atoms with Gasteiger partial charge in [-0.3, -0.25) is 4.79 Å². The van der Waals surface area contributed by atoms with Gasteiger partial charge in [0.05, 0.1) is 19.2 Å². The lowest BCUT2D eigenvalue weighted by atomic mass is 10.1. The standard InChI is InChI=1S/C13H17ClN2O2/c1-9(15)13(17)16-6-7-18-12(8-16)10-4-2-3-5-11(10)14/h2-5,9,12H,6-8,15H2,1H3. The van der Waals surface area contributed by atoms with Crippen molar-refractivity contribution in [2.45, 2.75) is 19.1 Å². The Bertz CT molecular complexity index is 437. The van der Waals surface area contributed by atoms with Crippen LogP contribution in [0.25, 0.3) is 0 Å². The second-order valence-corrected chi connectivity index (χ2v) is 4.86. The highest BCUT2D eigenvalue weighted by Gasteiger charge is 2.27. The van der Waals surface area contributed by atoms with E-state index in [4.69, 9.17) is 22.1 Å². The third kappa shape index (κ3) is 2.83. The first-order valence-corrected chi connectivity index (χ1v) is 6.38. The minimum atomic E-state index is -0.477. The van der Waals surface area contributed by atoms with Crippen molar-refractivity contribution in [3.8, 4) is 0 Å². The number of carbonyl (C=O) groups is 1. The maximum absolute atomic E-state index is 11.9. The zero-order valence-electron chi connectivity index (χ0n) is 10.3. The van der Waals surface area contributed by atoms with E-state index in [2.05, 4.69) is 0 Å². The number of rotatable bonds is 2. The summed E-state index contributed by atoms with van der Waals surface area (Å²) >= 11 is 6.14. The topological polar surface area (TPSA) is 55.6 Å². The van der Waals surface area contributed by atoms with Crippen LogP contribution in [-0.2, 0) is 9.53 Å². The zero-order valence-corrected chi connectivity index (χ0v) is 11.1. The van der Waals surface area contributed by atoms with E-state index in [0.29, 0.717) is 24.7 Å². The van der Waals surface area contributed by atoms with Gasteiger partial charge in [0.25, 0.3) is 0 Å². The molecular formula is C13H17ClN2O2. The summed E-state index contributed by atoms with van der Waals surface area (Å²) in [6, 6.07) is 7.06. The van der Waals surface area contributed by atoms with Gasteiger partial charge in [-0.15, -0.1) is 0 Å². The fraction of sp³-hybridized carbons (Fsp3) is 0.462. The summed E-state index contributed by atoms with van der Waals surface area (Å²) in [6.07, 6.45) is -0.171. The van der Waals surface area contributed by atoms with E-state index >= 15 is 0 Å². The first kappa shape index (κ1) is 13.3. The first-order valence-electron chi connectivity index (χ1n) is 6.00. The number of hydrogen-bond acceptors (Lipinski definition) is 3. The van der Waals surface area contributed by atoms with Crippen LogP contribution >= 0.6 is 11.6 Å². The van der Waals surface area contributed by atoms with E-state index in [1.165, 1.54) is 0 Å². The molecule has 1 heterocycles. The molecule has 0 saturated carbocycles. The molecule has 2 rings (SSSR count). The van der Waals surface area contributed by atoms with Crippen molar-refractivity contribution in [3.05, 3.63) is 34.9 Å². The number of hydrogen-bond donors (Lipinski definition) is 1. The third-order valence-electron chi connectivity index (χ3n) is 3.02. The molecule has 1 amide bonds. The van der Waals surface area contributed by atoms with Gasteiger partial charge >= 0.3 is 0 Å². The predicted molar refractivity (Wildman–Crippen MR) is 70.4 cm³/mol. The average Bonchev–Trinajstić information content (AvgIpc) is 2.38. The Kier molecular flexibility index (Phi) is 4.22. The molecule has 0 bridgehead atoms. The Morgan fingerprint density at radius 1 is 1.56 bits per heavy atom. The van der Waals surface area contributed by atoms with E-state index < -0.39 is 6.04 Å². The van der Waals surface area contributed by atoms with Crippen molar-refractivity contribution in [3.63, 3.8) is 0 Å². The summed E-state index contributed by atoms with van der Waals surface area (Å²) in [7, 11) is 0. The van der Waals surface area contributed by atoms with Gasteiger partial charge in [-0.05, 0) is 13.0 Å². The van der Waals surface area contributed by atoms with E-state index in [0.717, 1.165) is 5.56 Å². The van der Waals surface area contributed by atoms with Gasteiger partial charge in [-0.25, -0.2) is 0 Å². The van der Waals surface area contributed by atoms with Crippen molar-refractivity contribution in [1.29, 1.82) is 0 Å². The Labute approximate surface area is 112 Å². The molecule has 1 aliphatic rings. The molecule has 1 aliphatic heterocycles. The van der Waals surface area contributed by atoms with Gasteiger partial charge in [0, 0.05) is 17.1 Å². The third-order valence-corrected chi connectivity index (χ3v) is 3.36. The van der Waals surface area contributed by atoms with Crippen LogP contribution in [0.4, 0.5) is 0 Å². The molecule has 2 atom stereocenters. The molecule has 1 saturated heterocycles. The SMILES string of the molecule is CC(N)C(=O)N1CCOC(c2ccccc2Cl)C1. The van der Waals surface area contributed by atoms with Crippen LogP contribution in [0.5, 0.6) is 0 Å². The van der Waals surface area contributed by atoms with E-state index in [1.54, 1.807) is 11.8 Å². The average molecular weight is 269 g/mol. The maximum atomic E-state index is 11.9. The van der Waals surface area contributed by atoms with Gasteiger partial charge in [0.2, 0.25) is 5.91 Å². The van der Waals surface area contributed by atoms with Gasteiger partial charge in [-0.2, -0.15) is 0 Å². The summed E-state index contributed by atoms with van der Waals surface area (Å²) < 4.78 is 5.69. The molecule has 18 heavy (non-hydrogen) atoms. The quantitative estimate of drug-likeness (QED) is 0.886. The first-order chi connectivity index (χ1) is 8.59. The molecule has 1 fully saturated rings. The van der Waals surface area contributed by atoms with Gasteiger partial charge in [0.15, 0.2) is 0 Å². The maximum Gasteiger partial charge on any atom is 0.239 e. The van der Waals surface area contributed by atoms with Gasteiger partial charge in [-0.1, -0.05) is 29.8 Å². The van der Waals surface area contributed by atoms with Crippen LogP contribution in [0.2, 0.25) is 5.02 Å². The number of benzene rings is 1. The van der Waals surface area contributed by atoms with Crippen LogP contribution in [0.3, 0.4) is 0 Å². The van der Waals surface area contributed by atoms with E-state index in [1.807, 2.05) is 24.3 Å². The van der Waals surface area contributed by atoms with Crippen molar-refractivity contribution in [2.75, 3.05) is 19.7 Å². The minimum Gasteiger partial charge on any atom is -0.370 e. The number of halogens is 1. The van der Waals surface area contributed by atoms with Crippen molar-refractivity contribution in [1.82, 2.24) is 4.90 Å². The Morgan fingerprint density at radius 3 is 2.94 bits per heavy atom. The molecular weight excluding hydrogens is 252 g/mol. The Balaban J connectivity index is 2.12. The van der Waals surface area contributed by atoms with Crippen LogP contribution in [0, 0.1) is 0 Å². The highest BCUT2D eigenvalue weighted by atomic mass is 35.5. The van der Waals surface area contributed by atoms with Crippen LogP contribution in [0.1, 0.15) is 18.6 Å². The highest BCUT2D eigenvalue weighted by Crippen LogP contribution is 2.28. The molecule has 5 heteroatoms. The lowest BCUT2D eigenvalue weighted by molar-refractivity contribution is -0.140. The number of amides is 1. The molecule has 0 aliphatic carbocycles. The number of nitrogens with zero attached hydrogens (tertiary/aromatic N) is 1. The summed E-state index contributed by atoms with van der Waals surface area (Å²) in [5.74, 6) is -0.0460. The molecule has 1 aromatic rings. The van der Waals surface area contributed by atoms with E-state index in [-0.39, 0.29) is 12.0 Å².